The van der Waals surface area contributed by atoms with Gasteiger partial charge in [-0.25, -0.2) is 4.39 Å². The molecule has 0 spiro atoms. The number of aromatic nitrogens is 3. The minimum Gasteiger partial charge on any atom is -0.299 e. The maximum atomic E-state index is 14.1. The smallest absolute Gasteiger partial charge is 0.192 e. The summed E-state index contributed by atoms with van der Waals surface area (Å²) in [5, 5.41) is 9.12. The van der Waals surface area contributed by atoms with Gasteiger partial charge in [0.05, 0.1) is 16.2 Å². The molecule has 4 nitrogen and oxygen atoms in total. The Morgan fingerprint density at radius 3 is 2.76 bits per heavy atom. The SMILES string of the molecule is Cc1ccc(C(=O)CSc2nnc(-c3ccccc3F)n2C2CC2)s1. The molecule has 3 aromatic rings. The van der Waals surface area contributed by atoms with Crippen LogP contribution in [0.5, 0.6) is 0 Å². The van der Waals surface area contributed by atoms with Crippen LogP contribution in [-0.2, 0) is 0 Å². The number of hydrogen-bond acceptors (Lipinski definition) is 5. The summed E-state index contributed by atoms with van der Waals surface area (Å²) in [6, 6.07) is 10.7. The number of halogens is 1. The second-order valence-corrected chi connectivity index (χ2v) is 8.24. The van der Waals surface area contributed by atoms with Crippen LogP contribution in [0.2, 0.25) is 0 Å². The summed E-state index contributed by atoms with van der Waals surface area (Å²) in [6.45, 7) is 1.99. The normalized spacial score (nSPS) is 14.0. The van der Waals surface area contributed by atoms with E-state index in [0.717, 1.165) is 22.6 Å². The van der Waals surface area contributed by atoms with E-state index >= 15 is 0 Å². The lowest BCUT2D eigenvalue weighted by Gasteiger charge is -2.09. The maximum Gasteiger partial charge on any atom is 0.192 e. The number of carbonyl (C=O) groups excluding carboxylic acids is 1. The van der Waals surface area contributed by atoms with Gasteiger partial charge in [0, 0.05) is 10.9 Å². The van der Waals surface area contributed by atoms with E-state index in [1.54, 1.807) is 18.2 Å². The monoisotopic (exact) mass is 373 g/mol. The van der Waals surface area contributed by atoms with Gasteiger partial charge in [0.15, 0.2) is 16.8 Å². The Morgan fingerprint density at radius 2 is 2.08 bits per heavy atom. The van der Waals surface area contributed by atoms with Crippen LogP contribution in [0.15, 0.2) is 41.6 Å². The highest BCUT2D eigenvalue weighted by atomic mass is 32.2. The number of benzene rings is 1. The fourth-order valence-corrected chi connectivity index (χ4v) is 4.43. The summed E-state index contributed by atoms with van der Waals surface area (Å²) in [4.78, 5) is 14.2. The molecule has 4 rings (SSSR count). The molecule has 128 valence electrons. The van der Waals surface area contributed by atoms with Crippen molar-refractivity contribution in [1.82, 2.24) is 14.8 Å². The summed E-state index contributed by atoms with van der Waals surface area (Å²) in [5.41, 5.74) is 0.453. The van der Waals surface area contributed by atoms with Crippen LogP contribution in [0, 0.1) is 12.7 Å². The number of thiophene rings is 1. The molecule has 25 heavy (non-hydrogen) atoms. The molecule has 0 radical (unpaired) electrons. The first kappa shape index (κ1) is 16.5. The fraction of sp³-hybridized carbons (Fsp3) is 0.278. The molecule has 0 saturated heterocycles. The van der Waals surface area contributed by atoms with Crippen LogP contribution < -0.4 is 0 Å². The van der Waals surface area contributed by atoms with E-state index in [1.807, 2.05) is 23.6 Å². The van der Waals surface area contributed by atoms with Crippen molar-refractivity contribution in [2.24, 2.45) is 0 Å². The van der Waals surface area contributed by atoms with Gasteiger partial charge < -0.3 is 0 Å². The first-order chi connectivity index (χ1) is 12.1. The molecule has 0 bridgehead atoms. The molecule has 1 aliphatic rings. The highest BCUT2D eigenvalue weighted by Gasteiger charge is 2.31. The average molecular weight is 373 g/mol. The molecule has 1 aromatic carbocycles. The van der Waals surface area contributed by atoms with Crippen LogP contribution in [0.4, 0.5) is 4.39 Å². The van der Waals surface area contributed by atoms with Crippen LogP contribution in [0.1, 0.15) is 33.4 Å². The Morgan fingerprint density at radius 1 is 1.28 bits per heavy atom. The number of Topliss-reactive ketones (excluding diaryl/α,β-unsaturated/α-hetero) is 1. The third-order valence-electron chi connectivity index (χ3n) is 4.04. The molecule has 1 saturated carbocycles. The number of nitrogens with zero attached hydrogens (tertiary/aromatic N) is 3. The Bertz CT molecular complexity index is 930. The molecule has 0 unspecified atom stereocenters. The minimum absolute atomic E-state index is 0.0842. The van der Waals surface area contributed by atoms with Gasteiger partial charge in [0.2, 0.25) is 0 Å². The van der Waals surface area contributed by atoms with Gasteiger partial charge >= 0.3 is 0 Å². The van der Waals surface area contributed by atoms with Gasteiger partial charge in [-0.2, -0.15) is 0 Å². The summed E-state index contributed by atoms with van der Waals surface area (Å²) in [7, 11) is 0. The van der Waals surface area contributed by atoms with Crippen molar-refractivity contribution in [3.8, 4) is 11.4 Å². The Labute approximate surface area is 153 Å². The Hall–Kier alpha value is -1.99. The zero-order chi connectivity index (χ0) is 17.4. The number of thioether (sulfide) groups is 1. The highest BCUT2D eigenvalue weighted by Crippen LogP contribution is 2.41. The van der Waals surface area contributed by atoms with Gasteiger partial charge in [0.25, 0.3) is 0 Å². The number of ketones is 1. The van der Waals surface area contributed by atoms with E-state index in [-0.39, 0.29) is 11.6 Å². The average Bonchev–Trinajstić information content (AvgIpc) is 3.21. The molecule has 2 aromatic heterocycles. The van der Waals surface area contributed by atoms with E-state index in [1.165, 1.54) is 29.2 Å². The van der Waals surface area contributed by atoms with E-state index in [0.29, 0.717) is 28.3 Å². The number of hydrogen-bond donors (Lipinski definition) is 0. The molecule has 7 heteroatoms. The molecule has 0 amide bonds. The lowest BCUT2D eigenvalue weighted by atomic mass is 10.2. The van der Waals surface area contributed by atoms with Crippen molar-refractivity contribution in [2.45, 2.75) is 31.0 Å². The van der Waals surface area contributed by atoms with Gasteiger partial charge in [-0.1, -0.05) is 23.9 Å². The first-order valence-corrected chi connectivity index (χ1v) is 9.86. The first-order valence-electron chi connectivity index (χ1n) is 8.05. The van der Waals surface area contributed by atoms with E-state index in [2.05, 4.69) is 10.2 Å². The van der Waals surface area contributed by atoms with Gasteiger partial charge in [-0.15, -0.1) is 21.5 Å². The van der Waals surface area contributed by atoms with Crippen LogP contribution >= 0.6 is 23.1 Å². The highest BCUT2D eigenvalue weighted by molar-refractivity contribution is 7.99. The van der Waals surface area contributed by atoms with Gasteiger partial charge in [-0.05, 0) is 44.0 Å². The van der Waals surface area contributed by atoms with E-state index < -0.39 is 0 Å². The lowest BCUT2D eigenvalue weighted by molar-refractivity contribution is 0.102. The predicted octanol–water partition coefficient (Wildman–Crippen LogP) is 4.76. The van der Waals surface area contributed by atoms with Crippen LogP contribution in [-0.4, -0.2) is 26.3 Å². The minimum atomic E-state index is -0.307. The van der Waals surface area contributed by atoms with Crippen LogP contribution in [0.25, 0.3) is 11.4 Å². The van der Waals surface area contributed by atoms with Gasteiger partial charge in [0.1, 0.15) is 5.82 Å². The summed E-state index contributed by atoms with van der Waals surface area (Å²) >= 11 is 2.88. The summed E-state index contributed by atoms with van der Waals surface area (Å²) in [6.07, 6.45) is 2.07. The molecular weight excluding hydrogens is 357 g/mol. The molecule has 0 aliphatic heterocycles. The molecule has 1 fully saturated rings. The van der Waals surface area contributed by atoms with Crippen molar-refractivity contribution < 1.29 is 9.18 Å². The number of rotatable bonds is 6. The summed E-state index contributed by atoms with van der Waals surface area (Å²) < 4.78 is 16.1. The fourth-order valence-electron chi connectivity index (χ4n) is 2.65. The van der Waals surface area contributed by atoms with Crippen molar-refractivity contribution >= 4 is 28.9 Å². The topological polar surface area (TPSA) is 47.8 Å². The zero-order valence-corrected chi connectivity index (χ0v) is 15.2. The van der Waals surface area contributed by atoms with Gasteiger partial charge in [-0.3, -0.25) is 9.36 Å². The largest absolute Gasteiger partial charge is 0.299 e. The van der Waals surface area contributed by atoms with Crippen LogP contribution in [0.3, 0.4) is 0 Å². The standard InChI is InChI=1S/C18H16FN3OS2/c1-11-6-9-16(25-11)15(23)10-24-18-21-20-17(22(18)12-7-8-12)13-4-2-3-5-14(13)19/h2-6,9,12H,7-8,10H2,1H3. The van der Waals surface area contributed by atoms with E-state index in [4.69, 9.17) is 0 Å². The zero-order valence-electron chi connectivity index (χ0n) is 13.6. The lowest BCUT2D eigenvalue weighted by Crippen LogP contribution is -2.04. The second kappa shape index (κ2) is 6.72. The van der Waals surface area contributed by atoms with Crippen molar-refractivity contribution in [3.05, 3.63) is 52.0 Å². The third kappa shape index (κ3) is 3.39. The molecule has 0 atom stereocenters. The quantitative estimate of drug-likeness (QED) is 0.461. The molecule has 0 N–H and O–H groups in total. The van der Waals surface area contributed by atoms with Crippen molar-refractivity contribution in [2.75, 3.05) is 5.75 Å². The Kier molecular flexibility index (Phi) is 4.43. The van der Waals surface area contributed by atoms with E-state index in [9.17, 15) is 9.18 Å². The predicted molar refractivity (Wildman–Crippen MR) is 97.8 cm³/mol. The van der Waals surface area contributed by atoms with Crippen molar-refractivity contribution in [1.29, 1.82) is 0 Å². The molecule has 1 aliphatic carbocycles. The molecule has 2 heterocycles. The number of carbonyl (C=O) groups is 1. The third-order valence-corrected chi connectivity index (χ3v) is 6.02. The maximum absolute atomic E-state index is 14.1. The second-order valence-electron chi connectivity index (χ2n) is 6.01. The van der Waals surface area contributed by atoms with Crippen molar-refractivity contribution in [3.63, 3.8) is 0 Å². The number of aryl methyl sites for hydroxylation is 1. The Balaban J connectivity index is 1.58. The summed E-state index contributed by atoms with van der Waals surface area (Å²) in [5.74, 6) is 0.629. The molecular formula is C18H16FN3OS2.